The van der Waals surface area contributed by atoms with Gasteiger partial charge in [0.15, 0.2) is 0 Å². The standard InChI is InChI=1S/C20H24N2O5S2/c1-26-19(23)22-16-7-9-18(10-8-16)29(24,25)21-15-20(11-13-27-14-12-20)28-17-5-3-2-4-6-17/h2-10,21H,11-15H2,1H3,(H,22,23). The van der Waals surface area contributed by atoms with Gasteiger partial charge in [-0.15, -0.1) is 11.8 Å². The molecule has 1 heterocycles. The van der Waals surface area contributed by atoms with Crippen molar-refractivity contribution in [2.24, 2.45) is 0 Å². The molecule has 0 radical (unpaired) electrons. The van der Waals surface area contributed by atoms with Crippen molar-refractivity contribution in [1.82, 2.24) is 4.72 Å². The molecule has 0 bridgehead atoms. The van der Waals surface area contributed by atoms with Gasteiger partial charge >= 0.3 is 6.09 Å². The molecule has 0 saturated carbocycles. The lowest BCUT2D eigenvalue weighted by atomic mass is 9.99. The number of carbonyl (C=O) groups is 1. The van der Waals surface area contributed by atoms with Crippen LogP contribution < -0.4 is 10.0 Å². The minimum atomic E-state index is -3.69. The number of rotatable bonds is 7. The zero-order valence-electron chi connectivity index (χ0n) is 16.1. The van der Waals surface area contributed by atoms with E-state index < -0.39 is 16.1 Å². The Bertz CT molecular complexity index is 912. The number of amides is 1. The van der Waals surface area contributed by atoms with Crippen LogP contribution in [0.5, 0.6) is 0 Å². The Kier molecular flexibility index (Phi) is 7.18. The van der Waals surface area contributed by atoms with Crippen LogP contribution in [0.4, 0.5) is 10.5 Å². The Morgan fingerprint density at radius 1 is 1.10 bits per heavy atom. The smallest absolute Gasteiger partial charge is 0.411 e. The molecule has 156 valence electrons. The van der Waals surface area contributed by atoms with Gasteiger partial charge in [-0.05, 0) is 49.2 Å². The predicted octanol–water partition coefficient (Wildman–Crippen LogP) is 3.48. The molecule has 1 saturated heterocycles. The van der Waals surface area contributed by atoms with Gasteiger partial charge in [-0.3, -0.25) is 5.32 Å². The van der Waals surface area contributed by atoms with Gasteiger partial charge in [-0.2, -0.15) is 0 Å². The van der Waals surface area contributed by atoms with Gasteiger partial charge in [0.25, 0.3) is 0 Å². The highest BCUT2D eigenvalue weighted by atomic mass is 32.2. The average molecular weight is 437 g/mol. The van der Waals surface area contributed by atoms with E-state index >= 15 is 0 Å². The maximum absolute atomic E-state index is 12.8. The first kappa shape index (κ1) is 21.6. The van der Waals surface area contributed by atoms with Gasteiger partial charge in [-0.25, -0.2) is 17.9 Å². The molecule has 0 aliphatic carbocycles. The highest BCUT2D eigenvalue weighted by Gasteiger charge is 2.35. The molecule has 0 atom stereocenters. The molecular weight excluding hydrogens is 412 g/mol. The number of hydrogen-bond acceptors (Lipinski definition) is 6. The van der Waals surface area contributed by atoms with E-state index in [1.165, 1.54) is 31.4 Å². The van der Waals surface area contributed by atoms with Gasteiger partial charge in [0, 0.05) is 35.1 Å². The Morgan fingerprint density at radius 2 is 1.76 bits per heavy atom. The molecule has 2 aromatic carbocycles. The van der Waals surface area contributed by atoms with E-state index in [2.05, 4.69) is 14.8 Å². The molecule has 1 amide bonds. The van der Waals surface area contributed by atoms with Crippen molar-refractivity contribution in [3.05, 3.63) is 54.6 Å². The topological polar surface area (TPSA) is 93.7 Å². The molecule has 29 heavy (non-hydrogen) atoms. The largest absolute Gasteiger partial charge is 0.453 e. The van der Waals surface area contributed by atoms with Crippen LogP contribution in [0.15, 0.2) is 64.4 Å². The van der Waals surface area contributed by atoms with E-state index in [1.807, 2.05) is 30.3 Å². The van der Waals surface area contributed by atoms with Crippen LogP contribution in [0.25, 0.3) is 0 Å². The summed E-state index contributed by atoms with van der Waals surface area (Å²) in [5.41, 5.74) is 0.455. The van der Waals surface area contributed by atoms with Crippen LogP contribution in [-0.4, -0.2) is 46.1 Å². The lowest BCUT2D eigenvalue weighted by Gasteiger charge is -2.36. The molecule has 3 rings (SSSR count). The minimum absolute atomic E-state index is 0.139. The maximum Gasteiger partial charge on any atom is 0.411 e. The molecule has 0 aromatic heterocycles. The van der Waals surface area contributed by atoms with Crippen molar-refractivity contribution in [1.29, 1.82) is 0 Å². The van der Waals surface area contributed by atoms with Gasteiger partial charge < -0.3 is 9.47 Å². The first-order valence-corrected chi connectivity index (χ1v) is 11.5. The zero-order valence-corrected chi connectivity index (χ0v) is 17.7. The third-order valence-electron chi connectivity index (χ3n) is 4.66. The monoisotopic (exact) mass is 436 g/mol. The van der Waals surface area contributed by atoms with E-state index in [9.17, 15) is 13.2 Å². The summed E-state index contributed by atoms with van der Waals surface area (Å²) in [7, 11) is -2.43. The third-order valence-corrected chi connectivity index (χ3v) is 7.57. The molecule has 9 heteroatoms. The summed E-state index contributed by atoms with van der Waals surface area (Å²) in [5, 5.41) is 2.49. The van der Waals surface area contributed by atoms with Crippen molar-refractivity contribution in [2.75, 3.05) is 32.2 Å². The molecule has 7 nitrogen and oxygen atoms in total. The Labute approximate surface area is 175 Å². The predicted molar refractivity (Wildman–Crippen MR) is 113 cm³/mol. The van der Waals surface area contributed by atoms with Crippen LogP contribution in [0.2, 0.25) is 0 Å². The number of ether oxygens (including phenoxy) is 2. The second kappa shape index (κ2) is 9.62. The van der Waals surface area contributed by atoms with Gasteiger partial charge in [0.2, 0.25) is 10.0 Å². The average Bonchev–Trinajstić information content (AvgIpc) is 2.74. The second-order valence-corrected chi connectivity index (χ2v) is 9.98. The van der Waals surface area contributed by atoms with E-state index in [-0.39, 0.29) is 9.64 Å². The number of anilines is 1. The fourth-order valence-electron chi connectivity index (χ4n) is 2.99. The summed E-state index contributed by atoms with van der Waals surface area (Å²) in [5.74, 6) is 0. The number of benzene rings is 2. The van der Waals surface area contributed by atoms with Crippen LogP contribution in [0, 0.1) is 0 Å². The van der Waals surface area contributed by atoms with Gasteiger partial charge in [0.1, 0.15) is 0 Å². The summed E-state index contributed by atoms with van der Waals surface area (Å²) in [6.07, 6.45) is 0.909. The lowest BCUT2D eigenvalue weighted by molar-refractivity contribution is 0.0784. The summed E-state index contributed by atoms with van der Waals surface area (Å²) in [4.78, 5) is 12.5. The number of methoxy groups -OCH3 is 1. The third kappa shape index (κ3) is 5.96. The highest BCUT2D eigenvalue weighted by Crippen LogP contribution is 2.40. The summed E-state index contributed by atoms with van der Waals surface area (Å²) in [6, 6.07) is 15.9. The number of thioether (sulfide) groups is 1. The second-order valence-electron chi connectivity index (χ2n) is 6.68. The van der Waals surface area contributed by atoms with Crippen LogP contribution >= 0.6 is 11.8 Å². The normalized spacial score (nSPS) is 16.2. The SMILES string of the molecule is COC(=O)Nc1ccc(S(=O)(=O)NCC2(Sc3ccccc3)CCOCC2)cc1. The highest BCUT2D eigenvalue weighted by molar-refractivity contribution is 8.00. The molecule has 1 fully saturated rings. The number of carbonyl (C=O) groups excluding carboxylic acids is 1. The van der Waals surface area contributed by atoms with Gasteiger partial charge in [-0.1, -0.05) is 18.2 Å². The molecule has 2 aromatic rings. The Balaban J connectivity index is 1.70. The molecule has 1 aliphatic heterocycles. The van der Waals surface area contributed by atoms with Crippen molar-refractivity contribution in [2.45, 2.75) is 27.4 Å². The van der Waals surface area contributed by atoms with E-state index in [1.54, 1.807) is 11.8 Å². The van der Waals surface area contributed by atoms with E-state index in [4.69, 9.17) is 4.74 Å². The summed E-state index contributed by atoms with van der Waals surface area (Å²) >= 11 is 1.69. The molecule has 0 unspecified atom stereocenters. The first-order valence-electron chi connectivity index (χ1n) is 9.19. The number of hydrogen-bond donors (Lipinski definition) is 2. The Morgan fingerprint density at radius 3 is 2.38 bits per heavy atom. The minimum Gasteiger partial charge on any atom is -0.453 e. The van der Waals surface area contributed by atoms with Crippen LogP contribution in [0.1, 0.15) is 12.8 Å². The number of sulfonamides is 1. The molecule has 2 N–H and O–H groups in total. The van der Waals surface area contributed by atoms with E-state index in [0.29, 0.717) is 25.4 Å². The van der Waals surface area contributed by atoms with Gasteiger partial charge in [0.05, 0.1) is 12.0 Å². The first-order chi connectivity index (χ1) is 13.9. The quantitative estimate of drug-likeness (QED) is 0.690. The Hall–Kier alpha value is -2.07. The lowest BCUT2D eigenvalue weighted by Crippen LogP contribution is -2.44. The van der Waals surface area contributed by atoms with Crippen molar-refractivity contribution < 1.29 is 22.7 Å². The van der Waals surface area contributed by atoms with Crippen LogP contribution in [-0.2, 0) is 19.5 Å². The molecule has 1 aliphatic rings. The van der Waals surface area contributed by atoms with Crippen LogP contribution in [0.3, 0.4) is 0 Å². The van der Waals surface area contributed by atoms with Crippen molar-refractivity contribution >= 4 is 33.6 Å². The zero-order chi connectivity index (χ0) is 20.7. The summed E-state index contributed by atoms with van der Waals surface area (Å²) < 4.78 is 38.1. The van der Waals surface area contributed by atoms with Crippen molar-refractivity contribution in [3.8, 4) is 0 Å². The summed E-state index contributed by atoms with van der Waals surface area (Å²) in [6.45, 7) is 1.52. The van der Waals surface area contributed by atoms with Crippen molar-refractivity contribution in [3.63, 3.8) is 0 Å². The van der Waals surface area contributed by atoms with E-state index in [0.717, 1.165) is 17.7 Å². The fraction of sp³-hybridized carbons (Fsp3) is 0.350. The molecular formula is C20H24N2O5S2. The fourth-order valence-corrected chi connectivity index (χ4v) is 5.52. The maximum atomic E-state index is 12.8. The number of nitrogens with one attached hydrogen (secondary N) is 2. The molecule has 0 spiro atoms.